The maximum absolute atomic E-state index is 12.9. The molecule has 0 radical (unpaired) electrons. The Balaban J connectivity index is 1.31. The highest BCUT2D eigenvalue weighted by Crippen LogP contribution is 2.32. The molecule has 2 aliphatic heterocycles. The topological polar surface area (TPSA) is 40.6 Å². The van der Waals surface area contributed by atoms with Gasteiger partial charge in [0.05, 0.1) is 0 Å². The fourth-order valence-corrected chi connectivity index (χ4v) is 4.61. The van der Waals surface area contributed by atoms with Gasteiger partial charge in [-0.2, -0.15) is 0 Å². The Labute approximate surface area is 167 Å². The minimum Gasteiger partial charge on any atom is -0.342 e. The summed E-state index contributed by atoms with van der Waals surface area (Å²) in [5.74, 6) is 0.515. The number of hydrogen-bond acceptors (Lipinski definition) is 2. The van der Waals surface area contributed by atoms with Crippen molar-refractivity contribution in [1.82, 2.24) is 4.90 Å². The number of para-hydroxylation sites is 1. The van der Waals surface area contributed by atoms with E-state index in [1.165, 1.54) is 11.1 Å². The molecule has 1 atom stereocenters. The van der Waals surface area contributed by atoms with Gasteiger partial charge in [-0.05, 0) is 55.7 Å². The van der Waals surface area contributed by atoms with E-state index in [1.54, 1.807) is 0 Å². The smallest absolute Gasteiger partial charge is 0.236 e. The zero-order valence-corrected chi connectivity index (χ0v) is 16.5. The van der Waals surface area contributed by atoms with Crippen molar-refractivity contribution < 1.29 is 9.59 Å². The number of amides is 2. The van der Waals surface area contributed by atoms with Crippen LogP contribution in [0.5, 0.6) is 0 Å². The Hall–Kier alpha value is -2.62. The van der Waals surface area contributed by atoms with Gasteiger partial charge < -0.3 is 9.80 Å². The molecule has 2 aliphatic rings. The van der Waals surface area contributed by atoms with Crippen molar-refractivity contribution in [3.8, 4) is 0 Å². The van der Waals surface area contributed by atoms with E-state index in [-0.39, 0.29) is 24.3 Å². The van der Waals surface area contributed by atoms with Crippen molar-refractivity contribution in [2.45, 2.75) is 45.1 Å². The first-order valence-electron chi connectivity index (χ1n) is 10.3. The lowest BCUT2D eigenvalue weighted by atomic mass is 9.90. The Morgan fingerprint density at radius 2 is 1.61 bits per heavy atom. The third kappa shape index (κ3) is 3.96. The fraction of sp³-hybridized carbons (Fsp3) is 0.417. The first kappa shape index (κ1) is 18.7. The quantitative estimate of drug-likeness (QED) is 0.761. The van der Waals surface area contributed by atoms with Crippen molar-refractivity contribution >= 4 is 17.5 Å². The highest BCUT2D eigenvalue weighted by molar-refractivity contribution is 6.06. The van der Waals surface area contributed by atoms with Crippen LogP contribution in [0.4, 0.5) is 5.69 Å². The van der Waals surface area contributed by atoms with Crippen LogP contribution in [0.3, 0.4) is 0 Å². The van der Waals surface area contributed by atoms with Crippen LogP contribution in [-0.2, 0) is 22.4 Å². The van der Waals surface area contributed by atoms with Crippen molar-refractivity contribution in [1.29, 1.82) is 0 Å². The number of rotatable bonds is 4. The molecule has 4 nitrogen and oxygen atoms in total. The summed E-state index contributed by atoms with van der Waals surface area (Å²) in [6.45, 7) is 3.57. The number of carbonyl (C=O) groups excluding carboxylic acids is 2. The van der Waals surface area contributed by atoms with E-state index in [1.807, 2.05) is 34.1 Å². The second kappa shape index (κ2) is 8.17. The van der Waals surface area contributed by atoms with Crippen LogP contribution in [0.25, 0.3) is 0 Å². The monoisotopic (exact) mass is 376 g/mol. The molecule has 2 aromatic rings. The Kier molecular flexibility index (Phi) is 5.47. The molecule has 0 N–H and O–H groups in total. The van der Waals surface area contributed by atoms with Crippen LogP contribution in [0.2, 0.25) is 0 Å². The molecule has 146 valence electrons. The number of likely N-dealkylation sites (tertiary alicyclic amines) is 1. The van der Waals surface area contributed by atoms with E-state index in [4.69, 9.17) is 0 Å². The predicted molar refractivity (Wildman–Crippen MR) is 111 cm³/mol. The summed E-state index contributed by atoms with van der Waals surface area (Å²) in [6.07, 6.45) is 3.93. The van der Waals surface area contributed by atoms with Gasteiger partial charge in [-0.25, -0.2) is 0 Å². The molecular weight excluding hydrogens is 348 g/mol. The van der Waals surface area contributed by atoms with E-state index in [9.17, 15) is 9.59 Å². The third-order valence-corrected chi connectivity index (χ3v) is 6.11. The first-order chi connectivity index (χ1) is 13.6. The average Bonchev–Trinajstić information content (AvgIpc) is 3.05. The van der Waals surface area contributed by atoms with E-state index in [2.05, 4.69) is 37.3 Å². The van der Waals surface area contributed by atoms with Gasteiger partial charge in [0.25, 0.3) is 0 Å². The summed E-state index contributed by atoms with van der Waals surface area (Å²) in [4.78, 5) is 29.3. The number of piperidine rings is 1. The number of anilines is 1. The molecule has 1 unspecified atom stereocenters. The van der Waals surface area contributed by atoms with Crippen LogP contribution in [0.1, 0.15) is 37.3 Å². The van der Waals surface area contributed by atoms with Crippen LogP contribution in [0.15, 0.2) is 54.6 Å². The van der Waals surface area contributed by atoms with Crippen LogP contribution < -0.4 is 4.90 Å². The van der Waals surface area contributed by atoms with Gasteiger partial charge in [0, 0.05) is 24.8 Å². The van der Waals surface area contributed by atoms with Crippen molar-refractivity contribution in [3.05, 3.63) is 65.7 Å². The van der Waals surface area contributed by atoms with Gasteiger partial charge in [-0.3, -0.25) is 9.59 Å². The Bertz CT molecular complexity index is 841. The molecule has 2 aromatic carbocycles. The standard InChI is InChI=1S/C24H28N2O2/c1-18-15-21-9-5-6-10-22(21)26(18)24(28)17-23(27)25-13-11-20(12-14-25)16-19-7-3-2-4-8-19/h2-10,18,20H,11-17H2,1H3. The molecule has 28 heavy (non-hydrogen) atoms. The predicted octanol–water partition coefficient (Wildman–Crippen LogP) is 3.84. The zero-order valence-electron chi connectivity index (χ0n) is 16.5. The van der Waals surface area contributed by atoms with Gasteiger partial charge in [-0.1, -0.05) is 48.5 Å². The van der Waals surface area contributed by atoms with E-state index >= 15 is 0 Å². The van der Waals surface area contributed by atoms with Gasteiger partial charge in [0.1, 0.15) is 6.42 Å². The molecule has 4 rings (SSSR count). The maximum atomic E-state index is 12.9. The normalized spacial score (nSPS) is 19.5. The summed E-state index contributed by atoms with van der Waals surface area (Å²) < 4.78 is 0. The highest BCUT2D eigenvalue weighted by atomic mass is 16.2. The number of hydrogen-bond donors (Lipinski definition) is 0. The minimum atomic E-state index is -0.0751. The molecule has 1 saturated heterocycles. The Morgan fingerprint density at radius 3 is 2.36 bits per heavy atom. The SMILES string of the molecule is CC1Cc2ccccc2N1C(=O)CC(=O)N1CCC(Cc2ccccc2)CC1. The lowest BCUT2D eigenvalue weighted by molar-refractivity contribution is -0.136. The van der Waals surface area contributed by atoms with Crippen LogP contribution in [-0.4, -0.2) is 35.8 Å². The largest absolute Gasteiger partial charge is 0.342 e. The lowest BCUT2D eigenvalue weighted by Crippen LogP contribution is -2.43. The summed E-state index contributed by atoms with van der Waals surface area (Å²) in [6, 6.07) is 18.7. The maximum Gasteiger partial charge on any atom is 0.236 e. The van der Waals surface area contributed by atoms with Gasteiger partial charge in [0.15, 0.2) is 0 Å². The molecule has 0 spiro atoms. The number of nitrogens with zero attached hydrogens (tertiary/aromatic N) is 2. The molecular formula is C24H28N2O2. The van der Waals surface area contributed by atoms with Crippen LogP contribution >= 0.6 is 0 Å². The van der Waals surface area contributed by atoms with Crippen molar-refractivity contribution in [2.75, 3.05) is 18.0 Å². The third-order valence-electron chi connectivity index (χ3n) is 6.11. The molecule has 2 amide bonds. The van der Waals surface area contributed by atoms with Crippen molar-refractivity contribution in [2.24, 2.45) is 5.92 Å². The molecule has 0 bridgehead atoms. The van der Waals surface area contributed by atoms with Gasteiger partial charge in [0.2, 0.25) is 11.8 Å². The Morgan fingerprint density at radius 1 is 0.929 bits per heavy atom. The molecule has 0 aromatic heterocycles. The molecule has 4 heteroatoms. The number of carbonyl (C=O) groups is 2. The second-order valence-electron chi connectivity index (χ2n) is 8.14. The molecule has 1 fully saturated rings. The minimum absolute atomic E-state index is 0.0258. The van der Waals surface area contributed by atoms with E-state index in [0.717, 1.165) is 44.5 Å². The zero-order chi connectivity index (χ0) is 19.5. The van der Waals surface area contributed by atoms with E-state index in [0.29, 0.717) is 5.92 Å². The van der Waals surface area contributed by atoms with E-state index < -0.39 is 0 Å². The molecule has 0 aliphatic carbocycles. The fourth-order valence-electron chi connectivity index (χ4n) is 4.61. The van der Waals surface area contributed by atoms with Crippen molar-refractivity contribution in [3.63, 3.8) is 0 Å². The second-order valence-corrected chi connectivity index (χ2v) is 8.14. The number of fused-ring (bicyclic) bond motifs is 1. The van der Waals surface area contributed by atoms with Gasteiger partial charge >= 0.3 is 0 Å². The highest BCUT2D eigenvalue weighted by Gasteiger charge is 2.33. The summed E-state index contributed by atoms with van der Waals surface area (Å²) in [5, 5.41) is 0. The summed E-state index contributed by atoms with van der Waals surface area (Å²) in [5.41, 5.74) is 3.52. The molecule has 0 saturated carbocycles. The summed E-state index contributed by atoms with van der Waals surface area (Å²) >= 11 is 0. The average molecular weight is 377 g/mol. The van der Waals surface area contributed by atoms with Crippen LogP contribution in [0, 0.1) is 5.92 Å². The summed E-state index contributed by atoms with van der Waals surface area (Å²) in [7, 11) is 0. The van der Waals surface area contributed by atoms with Gasteiger partial charge in [-0.15, -0.1) is 0 Å². The first-order valence-corrected chi connectivity index (χ1v) is 10.3. The lowest BCUT2D eigenvalue weighted by Gasteiger charge is -2.32. The number of benzene rings is 2. The molecule has 2 heterocycles.